The standard InChI is InChI=1S/C30H29N3O5S/c1-3-7-25(4-2)30(17-18-30)32-28(34)23-11-9-22(10-12-23)20-33(21-26-8-5-6-19-31-26)39(37,38)27-15-13-24(14-16-27)29(35)36/h3-16,19H,1-2,17-18,20-21H2,(H,32,34)(H,35,36)/b25-7+. The van der Waals surface area contributed by atoms with Crippen molar-refractivity contribution in [3.63, 3.8) is 0 Å². The Labute approximate surface area is 228 Å². The van der Waals surface area contributed by atoms with Crippen molar-refractivity contribution >= 4 is 21.9 Å². The molecule has 1 aliphatic rings. The van der Waals surface area contributed by atoms with E-state index in [9.17, 15) is 18.0 Å². The fourth-order valence-electron chi connectivity index (χ4n) is 4.23. The number of hydrogen-bond donors (Lipinski definition) is 2. The van der Waals surface area contributed by atoms with Crippen LogP contribution in [0.1, 0.15) is 44.8 Å². The molecule has 8 nitrogen and oxygen atoms in total. The van der Waals surface area contributed by atoms with E-state index in [0.717, 1.165) is 18.4 Å². The summed E-state index contributed by atoms with van der Waals surface area (Å²) in [5, 5.41) is 12.2. The number of carboxylic acid groups (broad SMARTS) is 1. The molecule has 39 heavy (non-hydrogen) atoms. The summed E-state index contributed by atoms with van der Waals surface area (Å²) in [7, 11) is -4.00. The summed E-state index contributed by atoms with van der Waals surface area (Å²) >= 11 is 0. The predicted molar refractivity (Wildman–Crippen MR) is 148 cm³/mol. The van der Waals surface area contributed by atoms with Crippen molar-refractivity contribution in [1.82, 2.24) is 14.6 Å². The highest BCUT2D eigenvalue weighted by Crippen LogP contribution is 2.43. The molecule has 0 aliphatic heterocycles. The summed E-state index contributed by atoms with van der Waals surface area (Å²) in [5.74, 6) is -1.37. The second-order valence-electron chi connectivity index (χ2n) is 9.22. The van der Waals surface area contributed by atoms with Gasteiger partial charge in [0.25, 0.3) is 5.91 Å². The first-order chi connectivity index (χ1) is 18.7. The number of nitrogens with one attached hydrogen (secondary N) is 1. The molecule has 200 valence electrons. The Kier molecular flexibility index (Phi) is 8.23. The number of carbonyl (C=O) groups excluding carboxylic acids is 1. The van der Waals surface area contributed by atoms with Crippen molar-refractivity contribution in [2.75, 3.05) is 0 Å². The van der Waals surface area contributed by atoms with Crippen LogP contribution in [0.5, 0.6) is 0 Å². The number of benzene rings is 2. The van der Waals surface area contributed by atoms with Gasteiger partial charge >= 0.3 is 5.97 Å². The van der Waals surface area contributed by atoms with Crippen LogP contribution in [0.2, 0.25) is 0 Å². The lowest BCUT2D eigenvalue weighted by Gasteiger charge is -2.22. The second-order valence-corrected chi connectivity index (χ2v) is 11.2. The predicted octanol–water partition coefficient (Wildman–Crippen LogP) is 4.73. The summed E-state index contributed by atoms with van der Waals surface area (Å²) < 4.78 is 28.4. The Bertz CT molecular complexity index is 1510. The van der Waals surface area contributed by atoms with Crippen molar-refractivity contribution in [2.24, 2.45) is 0 Å². The number of aromatic nitrogens is 1. The quantitative estimate of drug-likeness (QED) is 0.319. The van der Waals surface area contributed by atoms with Gasteiger partial charge in [-0.15, -0.1) is 0 Å². The molecule has 4 rings (SSSR count). The molecule has 1 amide bonds. The van der Waals surface area contributed by atoms with Crippen LogP contribution < -0.4 is 5.32 Å². The van der Waals surface area contributed by atoms with Crippen LogP contribution in [0.4, 0.5) is 0 Å². The smallest absolute Gasteiger partial charge is 0.335 e. The van der Waals surface area contributed by atoms with Gasteiger partial charge < -0.3 is 10.4 Å². The molecule has 1 heterocycles. The average molecular weight is 544 g/mol. The largest absolute Gasteiger partial charge is 0.478 e. The summed E-state index contributed by atoms with van der Waals surface area (Å²) in [5.41, 5.74) is 2.15. The topological polar surface area (TPSA) is 117 Å². The Balaban J connectivity index is 1.55. The first-order valence-electron chi connectivity index (χ1n) is 12.3. The van der Waals surface area contributed by atoms with E-state index < -0.39 is 21.5 Å². The third kappa shape index (κ3) is 6.39. The van der Waals surface area contributed by atoms with Gasteiger partial charge in [0.1, 0.15) is 0 Å². The normalized spacial score (nSPS) is 14.4. The van der Waals surface area contributed by atoms with Gasteiger partial charge in [-0.1, -0.05) is 49.6 Å². The maximum atomic E-state index is 13.6. The number of amides is 1. The van der Waals surface area contributed by atoms with Crippen LogP contribution >= 0.6 is 0 Å². The highest BCUT2D eigenvalue weighted by molar-refractivity contribution is 7.89. The molecule has 0 unspecified atom stereocenters. The SMILES string of the molecule is C=C/C=C(\C=C)C1(NC(=O)c2ccc(CN(Cc3ccccn3)S(=O)(=O)c3ccc(C(=O)O)cc3)cc2)CC1. The van der Waals surface area contributed by atoms with Crippen LogP contribution in [0.15, 0.2) is 115 Å². The minimum Gasteiger partial charge on any atom is -0.478 e. The zero-order valence-electron chi connectivity index (χ0n) is 21.3. The lowest BCUT2D eigenvalue weighted by Crippen LogP contribution is -2.38. The molecule has 0 spiro atoms. The number of sulfonamides is 1. The zero-order valence-corrected chi connectivity index (χ0v) is 22.1. The maximum Gasteiger partial charge on any atom is 0.335 e. The van der Waals surface area contributed by atoms with E-state index in [2.05, 4.69) is 23.5 Å². The van der Waals surface area contributed by atoms with Crippen molar-refractivity contribution < 1.29 is 23.1 Å². The van der Waals surface area contributed by atoms with Gasteiger partial charge in [-0.25, -0.2) is 13.2 Å². The Hall–Kier alpha value is -4.34. The van der Waals surface area contributed by atoms with Gasteiger partial charge in [0, 0.05) is 18.3 Å². The molecule has 0 saturated heterocycles. The summed E-state index contributed by atoms with van der Waals surface area (Å²) in [4.78, 5) is 28.4. The number of allylic oxidation sites excluding steroid dienone is 2. The number of aromatic carboxylic acids is 1. The number of rotatable bonds is 12. The van der Waals surface area contributed by atoms with E-state index in [1.807, 2.05) is 6.08 Å². The van der Waals surface area contributed by atoms with Crippen LogP contribution in [-0.4, -0.2) is 40.2 Å². The monoisotopic (exact) mass is 543 g/mol. The second kappa shape index (κ2) is 11.6. The van der Waals surface area contributed by atoms with E-state index in [1.165, 1.54) is 28.6 Å². The highest BCUT2D eigenvalue weighted by Gasteiger charge is 2.46. The minimum atomic E-state index is -4.00. The molecular weight excluding hydrogens is 514 g/mol. The highest BCUT2D eigenvalue weighted by atomic mass is 32.2. The molecule has 2 aromatic carbocycles. The number of hydrogen-bond acceptors (Lipinski definition) is 5. The fraction of sp³-hybridized carbons (Fsp3) is 0.167. The van der Waals surface area contributed by atoms with Crippen molar-refractivity contribution in [3.05, 3.63) is 132 Å². The van der Waals surface area contributed by atoms with Crippen LogP contribution in [-0.2, 0) is 23.1 Å². The van der Waals surface area contributed by atoms with Gasteiger partial charge in [0.2, 0.25) is 10.0 Å². The number of carboxylic acids is 1. The molecular formula is C30H29N3O5S. The summed E-state index contributed by atoms with van der Waals surface area (Å²) in [6.45, 7) is 7.59. The molecule has 0 atom stereocenters. The third-order valence-electron chi connectivity index (χ3n) is 6.55. The van der Waals surface area contributed by atoms with Crippen molar-refractivity contribution in [3.8, 4) is 0 Å². The van der Waals surface area contributed by atoms with Gasteiger partial charge in [0.05, 0.1) is 28.2 Å². The van der Waals surface area contributed by atoms with E-state index >= 15 is 0 Å². The first kappa shape index (κ1) is 27.7. The molecule has 1 saturated carbocycles. The molecule has 1 aliphatic carbocycles. The van der Waals surface area contributed by atoms with Crippen LogP contribution in [0, 0.1) is 0 Å². The molecule has 9 heteroatoms. The van der Waals surface area contributed by atoms with Gasteiger partial charge in [-0.2, -0.15) is 4.31 Å². The number of pyridine rings is 1. The van der Waals surface area contributed by atoms with E-state index in [1.54, 1.807) is 60.8 Å². The van der Waals surface area contributed by atoms with Gasteiger partial charge in [-0.3, -0.25) is 9.78 Å². The van der Waals surface area contributed by atoms with E-state index in [4.69, 9.17) is 5.11 Å². The maximum absolute atomic E-state index is 13.6. The lowest BCUT2D eigenvalue weighted by molar-refractivity contribution is 0.0696. The van der Waals surface area contributed by atoms with Crippen LogP contribution in [0.25, 0.3) is 0 Å². The van der Waals surface area contributed by atoms with Gasteiger partial charge in [0.15, 0.2) is 0 Å². The average Bonchev–Trinajstić information content (AvgIpc) is 3.72. The first-order valence-corrected chi connectivity index (χ1v) is 13.7. The molecule has 0 bridgehead atoms. The molecule has 0 radical (unpaired) electrons. The lowest BCUT2D eigenvalue weighted by atomic mass is 10.0. The Morgan fingerprint density at radius 1 is 0.974 bits per heavy atom. The van der Waals surface area contributed by atoms with Crippen LogP contribution in [0.3, 0.4) is 0 Å². The van der Waals surface area contributed by atoms with Gasteiger partial charge in [-0.05, 0) is 72.5 Å². The summed E-state index contributed by atoms with van der Waals surface area (Å²) in [6, 6.07) is 17.1. The number of nitrogens with zero attached hydrogens (tertiary/aromatic N) is 2. The zero-order chi connectivity index (χ0) is 28.0. The van der Waals surface area contributed by atoms with E-state index in [-0.39, 0.29) is 29.5 Å². The Morgan fingerprint density at radius 3 is 2.18 bits per heavy atom. The number of carbonyl (C=O) groups is 2. The molecule has 1 aromatic heterocycles. The van der Waals surface area contributed by atoms with E-state index in [0.29, 0.717) is 16.8 Å². The molecule has 2 N–H and O–H groups in total. The minimum absolute atomic E-state index is 0.00716. The summed E-state index contributed by atoms with van der Waals surface area (Å²) in [6.07, 6.45) is 8.46. The third-order valence-corrected chi connectivity index (χ3v) is 8.36. The van der Waals surface area contributed by atoms with Crippen molar-refractivity contribution in [2.45, 2.75) is 36.4 Å². The Morgan fingerprint density at radius 2 is 1.64 bits per heavy atom. The molecule has 1 fully saturated rings. The fourth-order valence-corrected chi connectivity index (χ4v) is 5.63. The molecule has 3 aromatic rings. The van der Waals surface area contributed by atoms with Crippen molar-refractivity contribution in [1.29, 1.82) is 0 Å².